The third-order valence-electron chi connectivity index (χ3n) is 3.09. The van der Waals surface area contributed by atoms with Crippen molar-refractivity contribution in [1.82, 2.24) is 0 Å². The molecule has 0 aromatic heterocycles. The molecule has 1 amide bonds. The molecule has 4 heteroatoms. The Kier molecular flexibility index (Phi) is 3.80. The predicted octanol–water partition coefficient (Wildman–Crippen LogP) is 3.40. The number of anilines is 1. The SMILES string of the molecule is CC(C)(C)OC(=O)Nc1cccc2c1C(O)CCC2. The fraction of sp³-hybridized carbons (Fsp3) is 0.533. The van der Waals surface area contributed by atoms with Gasteiger partial charge in [0.05, 0.1) is 11.8 Å². The van der Waals surface area contributed by atoms with Crippen molar-refractivity contribution in [2.45, 2.75) is 51.7 Å². The normalized spacial score (nSPS) is 18.6. The van der Waals surface area contributed by atoms with Crippen LogP contribution in [0.4, 0.5) is 10.5 Å². The predicted molar refractivity (Wildman–Crippen MR) is 74.2 cm³/mol. The van der Waals surface area contributed by atoms with E-state index in [9.17, 15) is 9.90 Å². The van der Waals surface area contributed by atoms with Gasteiger partial charge in [-0.2, -0.15) is 0 Å². The Morgan fingerprint density at radius 2 is 2.16 bits per heavy atom. The van der Waals surface area contributed by atoms with Crippen LogP contribution in [0.15, 0.2) is 18.2 Å². The van der Waals surface area contributed by atoms with Crippen LogP contribution in [0.3, 0.4) is 0 Å². The lowest BCUT2D eigenvalue weighted by Gasteiger charge is -2.25. The second kappa shape index (κ2) is 5.21. The van der Waals surface area contributed by atoms with Crippen LogP contribution in [0, 0.1) is 0 Å². The van der Waals surface area contributed by atoms with Crippen LogP contribution in [-0.2, 0) is 11.2 Å². The van der Waals surface area contributed by atoms with Crippen molar-refractivity contribution < 1.29 is 14.6 Å². The maximum absolute atomic E-state index is 11.8. The Morgan fingerprint density at radius 1 is 1.42 bits per heavy atom. The molecule has 1 aliphatic rings. The molecule has 1 aliphatic carbocycles. The number of aliphatic hydroxyl groups is 1. The van der Waals surface area contributed by atoms with E-state index in [2.05, 4.69) is 5.32 Å². The number of carbonyl (C=O) groups is 1. The Hall–Kier alpha value is -1.55. The largest absolute Gasteiger partial charge is 0.444 e. The molecule has 0 bridgehead atoms. The highest BCUT2D eigenvalue weighted by atomic mass is 16.6. The number of fused-ring (bicyclic) bond motifs is 1. The highest BCUT2D eigenvalue weighted by Crippen LogP contribution is 2.35. The van der Waals surface area contributed by atoms with Crippen molar-refractivity contribution in [3.8, 4) is 0 Å². The molecule has 0 spiro atoms. The average molecular weight is 263 g/mol. The maximum Gasteiger partial charge on any atom is 0.412 e. The number of aryl methyl sites for hydroxylation is 1. The molecule has 0 saturated heterocycles. The third kappa shape index (κ3) is 3.47. The lowest BCUT2D eigenvalue weighted by molar-refractivity contribution is 0.0635. The number of hydrogen-bond donors (Lipinski definition) is 2. The molecule has 1 unspecified atom stereocenters. The van der Waals surface area contributed by atoms with E-state index < -0.39 is 17.8 Å². The molecular formula is C15H21NO3. The number of rotatable bonds is 1. The zero-order chi connectivity index (χ0) is 14.0. The van der Waals surface area contributed by atoms with Crippen LogP contribution < -0.4 is 5.32 Å². The molecule has 0 saturated carbocycles. The fourth-order valence-electron chi connectivity index (χ4n) is 2.38. The van der Waals surface area contributed by atoms with Gasteiger partial charge in [0.1, 0.15) is 5.60 Å². The van der Waals surface area contributed by atoms with Crippen LogP contribution in [0.25, 0.3) is 0 Å². The van der Waals surface area contributed by atoms with Gasteiger partial charge in [0, 0.05) is 5.56 Å². The molecule has 0 heterocycles. The van der Waals surface area contributed by atoms with E-state index in [1.165, 1.54) is 0 Å². The summed E-state index contributed by atoms with van der Waals surface area (Å²) in [7, 11) is 0. The Bertz CT molecular complexity index is 477. The van der Waals surface area contributed by atoms with Gasteiger partial charge in [-0.05, 0) is 51.7 Å². The lowest BCUT2D eigenvalue weighted by atomic mass is 9.88. The first-order valence-corrected chi connectivity index (χ1v) is 6.67. The Balaban J connectivity index is 2.19. The minimum absolute atomic E-state index is 0.487. The summed E-state index contributed by atoms with van der Waals surface area (Å²) in [4.78, 5) is 11.8. The topological polar surface area (TPSA) is 58.6 Å². The second-order valence-corrected chi connectivity index (χ2v) is 5.91. The van der Waals surface area contributed by atoms with Crippen LogP contribution in [0.2, 0.25) is 0 Å². The lowest BCUT2D eigenvalue weighted by Crippen LogP contribution is -2.28. The van der Waals surface area contributed by atoms with E-state index in [1.54, 1.807) is 6.07 Å². The summed E-state index contributed by atoms with van der Waals surface area (Å²) < 4.78 is 5.24. The molecule has 19 heavy (non-hydrogen) atoms. The maximum atomic E-state index is 11.8. The van der Waals surface area contributed by atoms with Gasteiger partial charge >= 0.3 is 6.09 Å². The Morgan fingerprint density at radius 3 is 2.84 bits per heavy atom. The van der Waals surface area contributed by atoms with Gasteiger partial charge < -0.3 is 9.84 Å². The number of carbonyl (C=O) groups excluding carboxylic acids is 1. The molecule has 2 N–H and O–H groups in total. The Labute approximate surface area is 113 Å². The molecule has 2 rings (SSSR count). The summed E-state index contributed by atoms with van der Waals surface area (Å²) in [5, 5.41) is 12.8. The fourth-order valence-corrected chi connectivity index (χ4v) is 2.38. The van der Waals surface area contributed by atoms with Gasteiger partial charge in [-0.25, -0.2) is 4.79 Å². The summed E-state index contributed by atoms with van der Waals surface area (Å²) in [6.45, 7) is 5.46. The van der Waals surface area contributed by atoms with Gasteiger partial charge in [-0.1, -0.05) is 12.1 Å². The first-order chi connectivity index (χ1) is 8.87. The summed E-state index contributed by atoms with van der Waals surface area (Å²) in [5.74, 6) is 0. The van der Waals surface area contributed by atoms with E-state index in [-0.39, 0.29) is 0 Å². The van der Waals surface area contributed by atoms with Crippen LogP contribution >= 0.6 is 0 Å². The molecule has 1 aromatic carbocycles. The zero-order valence-corrected chi connectivity index (χ0v) is 11.7. The van der Waals surface area contributed by atoms with Crippen LogP contribution in [0.5, 0.6) is 0 Å². The number of nitrogens with one attached hydrogen (secondary N) is 1. The van der Waals surface area contributed by atoms with Gasteiger partial charge in [0.2, 0.25) is 0 Å². The van der Waals surface area contributed by atoms with Crippen LogP contribution in [0.1, 0.15) is 50.8 Å². The van der Waals surface area contributed by atoms with E-state index in [0.29, 0.717) is 5.69 Å². The van der Waals surface area contributed by atoms with Crippen molar-refractivity contribution in [2.75, 3.05) is 5.32 Å². The minimum Gasteiger partial charge on any atom is -0.444 e. The molecule has 4 nitrogen and oxygen atoms in total. The molecule has 0 radical (unpaired) electrons. The zero-order valence-electron chi connectivity index (χ0n) is 11.7. The molecule has 1 aromatic rings. The quantitative estimate of drug-likeness (QED) is 0.816. The number of aliphatic hydroxyl groups excluding tert-OH is 1. The van der Waals surface area contributed by atoms with Crippen molar-refractivity contribution in [3.63, 3.8) is 0 Å². The summed E-state index contributed by atoms with van der Waals surface area (Å²) in [6, 6.07) is 5.69. The number of benzene rings is 1. The summed E-state index contributed by atoms with van der Waals surface area (Å²) >= 11 is 0. The molecule has 1 atom stereocenters. The van der Waals surface area contributed by atoms with Gasteiger partial charge in [0.25, 0.3) is 0 Å². The average Bonchev–Trinajstić information content (AvgIpc) is 2.26. The number of ether oxygens (including phenoxy) is 1. The molecule has 104 valence electrons. The molecule has 0 aliphatic heterocycles. The summed E-state index contributed by atoms with van der Waals surface area (Å²) in [6.07, 6.45) is 1.66. The van der Waals surface area contributed by atoms with Crippen molar-refractivity contribution in [3.05, 3.63) is 29.3 Å². The smallest absolute Gasteiger partial charge is 0.412 e. The van der Waals surface area contributed by atoms with E-state index in [0.717, 1.165) is 30.4 Å². The minimum atomic E-state index is -0.530. The summed E-state index contributed by atoms with van der Waals surface area (Å²) in [5.41, 5.74) is 2.06. The van der Waals surface area contributed by atoms with Crippen molar-refractivity contribution in [2.24, 2.45) is 0 Å². The first-order valence-electron chi connectivity index (χ1n) is 6.67. The number of amides is 1. The first kappa shape index (κ1) is 13.9. The van der Waals surface area contributed by atoms with Gasteiger partial charge in [-0.15, -0.1) is 0 Å². The van der Waals surface area contributed by atoms with Crippen LogP contribution in [-0.4, -0.2) is 16.8 Å². The van der Waals surface area contributed by atoms with Gasteiger partial charge in [0.15, 0.2) is 0 Å². The monoisotopic (exact) mass is 263 g/mol. The highest BCUT2D eigenvalue weighted by Gasteiger charge is 2.23. The van der Waals surface area contributed by atoms with Crippen molar-refractivity contribution >= 4 is 11.8 Å². The second-order valence-electron chi connectivity index (χ2n) is 5.91. The van der Waals surface area contributed by atoms with Crippen molar-refractivity contribution in [1.29, 1.82) is 0 Å². The van der Waals surface area contributed by atoms with E-state index in [4.69, 9.17) is 4.74 Å². The number of hydrogen-bond acceptors (Lipinski definition) is 3. The van der Waals surface area contributed by atoms with E-state index in [1.807, 2.05) is 32.9 Å². The third-order valence-corrected chi connectivity index (χ3v) is 3.09. The van der Waals surface area contributed by atoms with E-state index >= 15 is 0 Å². The molecular weight excluding hydrogens is 242 g/mol. The molecule has 0 fully saturated rings. The standard InChI is InChI=1S/C15H21NO3/c1-15(2,3)19-14(18)16-11-8-4-6-10-7-5-9-12(17)13(10)11/h4,6,8,12,17H,5,7,9H2,1-3H3,(H,16,18). The van der Waals surface area contributed by atoms with Gasteiger partial charge in [-0.3, -0.25) is 5.32 Å². The highest BCUT2D eigenvalue weighted by molar-refractivity contribution is 5.86.